The van der Waals surface area contributed by atoms with Crippen molar-refractivity contribution in [3.8, 4) is 0 Å². The minimum absolute atomic E-state index is 0.237. The molecule has 2 saturated heterocycles. The Morgan fingerprint density at radius 2 is 2.18 bits per heavy atom. The van der Waals surface area contributed by atoms with Crippen LogP contribution >= 0.6 is 0 Å². The Bertz CT molecular complexity index is 395. The third-order valence-corrected chi connectivity index (χ3v) is 5.61. The zero-order valence-electron chi connectivity index (χ0n) is 9.67. The molecule has 6 nitrogen and oxygen atoms in total. The van der Waals surface area contributed by atoms with Gasteiger partial charge in [-0.2, -0.15) is 0 Å². The Hall–Kier alpha value is -0.820. The van der Waals surface area contributed by atoms with Gasteiger partial charge in [0.15, 0.2) is 9.84 Å². The normalized spacial score (nSPS) is 32.5. The summed E-state index contributed by atoms with van der Waals surface area (Å²) in [7, 11) is -3.04. The number of nitrogens with two attached hydrogens (primary N) is 1. The molecule has 0 bridgehead atoms. The first-order valence-electron chi connectivity index (χ1n) is 5.90. The van der Waals surface area contributed by atoms with E-state index in [0.717, 1.165) is 12.8 Å². The number of carbonyl (C=O) groups is 1. The minimum Gasteiger partial charge on any atom is -0.443 e. The SMILES string of the molecule is NC[C@H]1CN(CC2CCCCS2(=O)=O)C(=O)O1. The van der Waals surface area contributed by atoms with Gasteiger partial charge in [-0.05, 0) is 12.8 Å². The fraction of sp³-hybridized carbons (Fsp3) is 0.900. The third-order valence-electron chi connectivity index (χ3n) is 3.35. The average Bonchev–Trinajstić information content (AvgIpc) is 2.63. The molecule has 0 spiro atoms. The number of cyclic esters (lactones) is 1. The van der Waals surface area contributed by atoms with Gasteiger partial charge in [0.25, 0.3) is 0 Å². The van der Waals surface area contributed by atoms with Crippen molar-refractivity contribution in [2.45, 2.75) is 30.6 Å². The van der Waals surface area contributed by atoms with Crippen LogP contribution in [-0.2, 0) is 14.6 Å². The summed E-state index contributed by atoms with van der Waals surface area (Å²) in [6.45, 7) is 0.929. The maximum atomic E-state index is 11.8. The molecule has 0 aliphatic carbocycles. The molecule has 2 rings (SSSR count). The lowest BCUT2D eigenvalue weighted by atomic mass is 10.2. The van der Waals surface area contributed by atoms with Crippen LogP contribution in [0.3, 0.4) is 0 Å². The van der Waals surface area contributed by atoms with Gasteiger partial charge in [-0.3, -0.25) is 0 Å². The zero-order chi connectivity index (χ0) is 12.5. The molecular formula is C10H18N2O4S. The van der Waals surface area contributed by atoms with Gasteiger partial charge in [0.1, 0.15) is 6.10 Å². The molecule has 0 aromatic carbocycles. The van der Waals surface area contributed by atoms with E-state index >= 15 is 0 Å². The monoisotopic (exact) mass is 262 g/mol. The van der Waals surface area contributed by atoms with E-state index < -0.39 is 21.2 Å². The van der Waals surface area contributed by atoms with E-state index in [1.807, 2.05) is 0 Å². The van der Waals surface area contributed by atoms with E-state index in [2.05, 4.69) is 0 Å². The van der Waals surface area contributed by atoms with Gasteiger partial charge in [-0.1, -0.05) is 6.42 Å². The number of sulfone groups is 1. The second kappa shape index (κ2) is 4.81. The van der Waals surface area contributed by atoms with Crippen molar-refractivity contribution in [2.24, 2.45) is 5.73 Å². The third kappa shape index (κ3) is 2.71. The molecule has 0 saturated carbocycles. The molecule has 0 radical (unpaired) electrons. The van der Waals surface area contributed by atoms with Crippen LogP contribution in [0.2, 0.25) is 0 Å². The van der Waals surface area contributed by atoms with E-state index in [1.165, 1.54) is 4.90 Å². The van der Waals surface area contributed by atoms with Crippen LogP contribution in [0.25, 0.3) is 0 Å². The lowest BCUT2D eigenvalue weighted by molar-refractivity contribution is 0.135. The number of rotatable bonds is 3. The Balaban J connectivity index is 1.99. The quantitative estimate of drug-likeness (QED) is 0.756. The zero-order valence-corrected chi connectivity index (χ0v) is 10.5. The molecule has 98 valence electrons. The summed E-state index contributed by atoms with van der Waals surface area (Å²) in [4.78, 5) is 12.9. The molecule has 2 heterocycles. The fourth-order valence-corrected chi connectivity index (χ4v) is 4.19. The molecule has 7 heteroatoms. The summed E-state index contributed by atoms with van der Waals surface area (Å²) >= 11 is 0. The van der Waals surface area contributed by atoms with Crippen molar-refractivity contribution in [2.75, 3.05) is 25.4 Å². The van der Waals surface area contributed by atoms with E-state index in [9.17, 15) is 13.2 Å². The van der Waals surface area contributed by atoms with Crippen LogP contribution in [0.15, 0.2) is 0 Å². The Morgan fingerprint density at radius 3 is 2.76 bits per heavy atom. The lowest BCUT2D eigenvalue weighted by Gasteiger charge is -2.25. The standard InChI is InChI=1S/C10H18N2O4S/c11-5-8-6-12(10(13)16-8)7-9-3-1-2-4-17(9,14)15/h8-9H,1-7,11H2/t8-,9?/m0/s1. The van der Waals surface area contributed by atoms with E-state index in [4.69, 9.17) is 10.5 Å². The molecule has 2 N–H and O–H groups in total. The lowest BCUT2D eigenvalue weighted by Crippen LogP contribution is -2.41. The molecule has 2 atom stereocenters. The molecule has 0 aromatic heterocycles. The second-order valence-corrected chi connectivity index (χ2v) is 7.03. The number of hydrogen-bond acceptors (Lipinski definition) is 5. The van der Waals surface area contributed by atoms with Crippen LogP contribution < -0.4 is 5.73 Å². The highest BCUT2D eigenvalue weighted by Crippen LogP contribution is 2.22. The predicted molar refractivity (Wildman–Crippen MR) is 62.3 cm³/mol. The molecular weight excluding hydrogens is 244 g/mol. The summed E-state index contributed by atoms with van der Waals surface area (Å²) in [6.07, 6.45) is 1.54. The molecule has 2 aliphatic rings. The number of nitrogens with zero attached hydrogens (tertiary/aromatic N) is 1. The minimum atomic E-state index is -3.04. The van der Waals surface area contributed by atoms with Crippen LogP contribution in [-0.4, -0.2) is 56.2 Å². The molecule has 1 amide bonds. The topological polar surface area (TPSA) is 89.7 Å². The van der Waals surface area contributed by atoms with Crippen molar-refractivity contribution in [3.63, 3.8) is 0 Å². The maximum absolute atomic E-state index is 11.8. The largest absolute Gasteiger partial charge is 0.443 e. The number of amides is 1. The first-order valence-corrected chi connectivity index (χ1v) is 7.61. The first kappa shape index (κ1) is 12.6. The highest BCUT2D eigenvalue weighted by Gasteiger charge is 2.36. The van der Waals surface area contributed by atoms with Crippen molar-refractivity contribution < 1.29 is 17.9 Å². The van der Waals surface area contributed by atoms with Crippen molar-refractivity contribution in [1.29, 1.82) is 0 Å². The van der Waals surface area contributed by atoms with E-state index in [0.29, 0.717) is 13.0 Å². The van der Waals surface area contributed by atoms with Gasteiger partial charge >= 0.3 is 6.09 Å². The Morgan fingerprint density at radius 1 is 1.41 bits per heavy atom. The smallest absolute Gasteiger partial charge is 0.410 e. The summed E-state index contributed by atoms with van der Waals surface area (Å²) in [5.74, 6) is 0.237. The van der Waals surface area contributed by atoms with Gasteiger partial charge in [-0.25, -0.2) is 13.2 Å². The maximum Gasteiger partial charge on any atom is 0.410 e. The van der Waals surface area contributed by atoms with Crippen LogP contribution in [0.5, 0.6) is 0 Å². The highest BCUT2D eigenvalue weighted by atomic mass is 32.2. The first-order chi connectivity index (χ1) is 8.03. The van der Waals surface area contributed by atoms with Gasteiger partial charge in [0, 0.05) is 13.1 Å². The molecule has 1 unspecified atom stereocenters. The number of ether oxygens (including phenoxy) is 1. The Kier molecular flexibility index (Phi) is 3.58. The number of hydrogen-bond donors (Lipinski definition) is 1. The number of carbonyl (C=O) groups excluding carboxylic acids is 1. The average molecular weight is 262 g/mol. The predicted octanol–water partition coefficient (Wildman–Crippen LogP) is -0.267. The second-order valence-electron chi connectivity index (χ2n) is 4.63. The van der Waals surface area contributed by atoms with Crippen molar-refractivity contribution in [3.05, 3.63) is 0 Å². The van der Waals surface area contributed by atoms with Crippen molar-refractivity contribution in [1.82, 2.24) is 4.90 Å². The van der Waals surface area contributed by atoms with Gasteiger partial charge < -0.3 is 15.4 Å². The Labute approximate surface area is 101 Å². The summed E-state index contributed by atoms with van der Waals surface area (Å²) in [5.41, 5.74) is 5.42. The van der Waals surface area contributed by atoms with Crippen LogP contribution in [0.1, 0.15) is 19.3 Å². The molecule has 0 aromatic rings. The summed E-state index contributed by atoms with van der Waals surface area (Å²) in [6, 6.07) is 0. The fourth-order valence-electron chi connectivity index (χ4n) is 2.32. The van der Waals surface area contributed by atoms with Gasteiger partial charge in [0.2, 0.25) is 0 Å². The van der Waals surface area contributed by atoms with E-state index in [1.54, 1.807) is 0 Å². The van der Waals surface area contributed by atoms with Crippen LogP contribution in [0.4, 0.5) is 4.79 Å². The molecule has 2 aliphatic heterocycles. The molecule has 2 fully saturated rings. The highest BCUT2D eigenvalue weighted by molar-refractivity contribution is 7.92. The van der Waals surface area contributed by atoms with Gasteiger partial charge in [-0.15, -0.1) is 0 Å². The van der Waals surface area contributed by atoms with Gasteiger partial charge in [0.05, 0.1) is 17.5 Å². The van der Waals surface area contributed by atoms with Crippen molar-refractivity contribution >= 4 is 15.9 Å². The molecule has 17 heavy (non-hydrogen) atoms. The summed E-state index contributed by atoms with van der Waals surface area (Å²) < 4.78 is 28.6. The van der Waals surface area contributed by atoms with Crippen LogP contribution in [0, 0.1) is 0 Å². The summed E-state index contributed by atoms with van der Waals surface area (Å²) in [5, 5.41) is -0.430. The van der Waals surface area contributed by atoms with E-state index in [-0.39, 0.29) is 24.9 Å².